The summed E-state index contributed by atoms with van der Waals surface area (Å²) in [6.45, 7) is 7.55. The molecule has 2 aliphatic heterocycles. The Morgan fingerprint density at radius 3 is 2.40 bits per heavy atom. The Morgan fingerprint density at radius 1 is 1.05 bits per heavy atom. The van der Waals surface area contributed by atoms with E-state index in [2.05, 4.69) is 41.0 Å². The quantitative estimate of drug-likeness (QED) is 0.256. The number of halogens is 2. The topological polar surface area (TPSA) is 71.2 Å². The standard InChI is InChI=1S/C33H44ClFN4O/c1-25-9-11-26(12-10-25)33(15-6-17-36,24-31(37)32(40)23-28-29(34)7-5-8-30(28)35)16-22-38-20-13-27(14-21-38)39-18-3-2-4-19-39/h5,7-12,17,27,36-37H,2-4,6,13-16,18-24H2,1H3/t33-/m0/s1. The molecule has 7 heteroatoms. The van der Waals surface area contributed by atoms with Gasteiger partial charge in [0.2, 0.25) is 0 Å². The number of piperidine rings is 2. The minimum atomic E-state index is -0.518. The predicted molar refractivity (Wildman–Crippen MR) is 163 cm³/mol. The minimum Gasteiger partial charge on any atom is -0.313 e. The summed E-state index contributed by atoms with van der Waals surface area (Å²) in [5, 5.41) is 16.8. The Kier molecular flexibility index (Phi) is 11.1. The first kappa shape index (κ1) is 30.5. The first-order valence-corrected chi connectivity index (χ1v) is 15.2. The number of benzene rings is 2. The number of rotatable bonds is 13. The van der Waals surface area contributed by atoms with Crippen LogP contribution in [0.1, 0.15) is 74.5 Å². The number of carbonyl (C=O) groups excluding carboxylic acids is 1. The number of hydrogen-bond acceptors (Lipinski definition) is 5. The van der Waals surface area contributed by atoms with Crippen LogP contribution in [0.2, 0.25) is 5.02 Å². The van der Waals surface area contributed by atoms with E-state index in [4.69, 9.17) is 22.4 Å². The molecular formula is C33H44ClFN4O. The van der Waals surface area contributed by atoms with E-state index in [-0.39, 0.29) is 29.1 Å². The Bertz CT molecular complexity index is 1140. The van der Waals surface area contributed by atoms with Crippen molar-refractivity contribution in [2.75, 3.05) is 32.7 Å². The van der Waals surface area contributed by atoms with Gasteiger partial charge in [0.05, 0.1) is 5.71 Å². The maximum absolute atomic E-state index is 14.4. The molecule has 40 heavy (non-hydrogen) atoms. The van der Waals surface area contributed by atoms with Crippen molar-refractivity contribution in [2.24, 2.45) is 0 Å². The number of aryl methyl sites for hydroxylation is 1. The molecule has 4 rings (SSSR count). The van der Waals surface area contributed by atoms with E-state index in [1.807, 2.05) is 0 Å². The molecule has 1 atom stereocenters. The molecule has 0 bridgehead atoms. The fourth-order valence-electron chi connectivity index (χ4n) is 6.52. The predicted octanol–water partition coefficient (Wildman–Crippen LogP) is 7.02. The highest BCUT2D eigenvalue weighted by Gasteiger charge is 2.36. The highest BCUT2D eigenvalue weighted by atomic mass is 35.5. The van der Waals surface area contributed by atoms with Crippen molar-refractivity contribution in [1.29, 1.82) is 10.8 Å². The van der Waals surface area contributed by atoms with Gasteiger partial charge in [0.15, 0.2) is 5.78 Å². The highest BCUT2D eigenvalue weighted by Crippen LogP contribution is 2.38. The van der Waals surface area contributed by atoms with E-state index < -0.39 is 17.0 Å². The van der Waals surface area contributed by atoms with Gasteiger partial charge in [0.1, 0.15) is 5.82 Å². The molecule has 0 amide bonds. The van der Waals surface area contributed by atoms with Crippen LogP contribution >= 0.6 is 11.6 Å². The Labute approximate surface area is 244 Å². The van der Waals surface area contributed by atoms with Gasteiger partial charge in [-0.25, -0.2) is 4.39 Å². The molecule has 2 aromatic carbocycles. The normalized spacial score (nSPS) is 18.8. The minimum absolute atomic E-state index is 0.00585. The van der Waals surface area contributed by atoms with Gasteiger partial charge in [0.25, 0.3) is 0 Å². The van der Waals surface area contributed by atoms with Crippen LogP contribution in [0.25, 0.3) is 0 Å². The summed E-state index contributed by atoms with van der Waals surface area (Å²) in [5.74, 6) is -0.920. The summed E-state index contributed by atoms with van der Waals surface area (Å²) in [6.07, 6.45) is 9.90. The average molecular weight is 567 g/mol. The molecular weight excluding hydrogens is 523 g/mol. The van der Waals surface area contributed by atoms with Crippen molar-refractivity contribution >= 4 is 29.3 Å². The van der Waals surface area contributed by atoms with Crippen LogP contribution in [0, 0.1) is 23.6 Å². The Balaban J connectivity index is 1.49. The zero-order chi connectivity index (χ0) is 28.5. The maximum atomic E-state index is 14.4. The van der Waals surface area contributed by atoms with E-state index in [0.717, 1.165) is 37.2 Å². The molecule has 2 saturated heterocycles. The lowest BCUT2D eigenvalue weighted by atomic mass is 9.69. The van der Waals surface area contributed by atoms with Gasteiger partial charge in [-0.1, -0.05) is 53.9 Å². The second-order valence-corrected chi connectivity index (χ2v) is 12.2. The van der Waals surface area contributed by atoms with Gasteiger partial charge in [0, 0.05) is 34.9 Å². The zero-order valence-corrected chi connectivity index (χ0v) is 24.6. The van der Waals surface area contributed by atoms with Crippen molar-refractivity contribution in [3.8, 4) is 0 Å². The maximum Gasteiger partial charge on any atom is 0.180 e. The molecule has 0 radical (unpaired) electrons. The molecule has 2 fully saturated rings. The van der Waals surface area contributed by atoms with Crippen LogP contribution in [-0.4, -0.2) is 66.3 Å². The van der Waals surface area contributed by atoms with E-state index in [0.29, 0.717) is 18.9 Å². The molecule has 5 nitrogen and oxygen atoms in total. The lowest BCUT2D eigenvalue weighted by Gasteiger charge is -2.42. The van der Waals surface area contributed by atoms with E-state index >= 15 is 0 Å². The van der Waals surface area contributed by atoms with Crippen LogP contribution in [-0.2, 0) is 16.6 Å². The largest absolute Gasteiger partial charge is 0.313 e. The average Bonchev–Trinajstić information content (AvgIpc) is 2.97. The highest BCUT2D eigenvalue weighted by molar-refractivity contribution is 6.40. The monoisotopic (exact) mass is 566 g/mol. The molecule has 0 aromatic heterocycles. The summed E-state index contributed by atoms with van der Waals surface area (Å²) in [5.41, 5.74) is 1.94. The van der Waals surface area contributed by atoms with Crippen molar-refractivity contribution in [1.82, 2.24) is 9.80 Å². The fraction of sp³-hybridized carbons (Fsp3) is 0.545. The SMILES string of the molecule is Cc1ccc([C@@](CCC=N)(CCN2CCC(N3CCCCC3)CC2)CC(=N)C(=O)Cc2c(F)cccc2Cl)cc1. The molecule has 0 saturated carbocycles. The molecule has 0 spiro atoms. The molecule has 216 valence electrons. The summed E-state index contributed by atoms with van der Waals surface area (Å²) < 4.78 is 14.4. The third-order valence-corrected chi connectivity index (χ3v) is 9.41. The number of Topliss-reactive ketones (excluding diaryl/α,β-unsaturated/α-hetero) is 1. The van der Waals surface area contributed by atoms with Gasteiger partial charge >= 0.3 is 0 Å². The smallest absolute Gasteiger partial charge is 0.180 e. The van der Waals surface area contributed by atoms with Crippen molar-refractivity contribution in [2.45, 2.75) is 82.6 Å². The number of hydrogen-bond donors (Lipinski definition) is 2. The van der Waals surface area contributed by atoms with Crippen molar-refractivity contribution < 1.29 is 9.18 Å². The van der Waals surface area contributed by atoms with Gasteiger partial charge in [-0.3, -0.25) is 4.79 Å². The molecule has 2 aromatic rings. The second kappa shape index (κ2) is 14.5. The van der Waals surface area contributed by atoms with E-state index in [9.17, 15) is 9.18 Å². The van der Waals surface area contributed by atoms with E-state index in [1.165, 1.54) is 63.5 Å². The Morgan fingerprint density at radius 2 is 1.75 bits per heavy atom. The molecule has 2 N–H and O–H groups in total. The first-order valence-electron chi connectivity index (χ1n) is 14.9. The summed E-state index contributed by atoms with van der Waals surface area (Å²) in [7, 11) is 0. The molecule has 2 heterocycles. The third-order valence-electron chi connectivity index (χ3n) is 9.05. The fourth-order valence-corrected chi connectivity index (χ4v) is 6.75. The first-order chi connectivity index (χ1) is 19.3. The van der Waals surface area contributed by atoms with Crippen molar-refractivity contribution in [3.05, 3.63) is 70.0 Å². The van der Waals surface area contributed by atoms with Gasteiger partial charge < -0.3 is 20.6 Å². The Hall–Kier alpha value is -2.41. The second-order valence-electron chi connectivity index (χ2n) is 11.8. The lowest BCUT2D eigenvalue weighted by Crippen LogP contribution is -2.47. The molecule has 2 aliphatic rings. The summed E-state index contributed by atoms with van der Waals surface area (Å²) in [4.78, 5) is 18.5. The number of likely N-dealkylation sites (tertiary alicyclic amines) is 2. The lowest BCUT2D eigenvalue weighted by molar-refractivity contribution is -0.112. The van der Waals surface area contributed by atoms with E-state index in [1.54, 1.807) is 6.07 Å². The van der Waals surface area contributed by atoms with Crippen LogP contribution in [0.15, 0.2) is 42.5 Å². The zero-order valence-electron chi connectivity index (χ0n) is 23.9. The van der Waals surface area contributed by atoms with Crippen LogP contribution in [0.4, 0.5) is 4.39 Å². The molecule has 0 unspecified atom stereocenters. The van der Waals surface area contributed by atoms with Crippen LogP contribution in [0.3, 0.4) is 0 Å². The van der Waals surface area contributed by atoms with Crippen molar-refractivity contribution in [3.63, 3.8) is 0 Å². The molecule has 0 aliphatic carbocycles. The van der Waals surface area contributed by atoms with Gasteiger partial charge in [-0.2, -0.15) is 0 Å². The number of nitrogens with one attached hydrogen (secondary N) is 2. The summed E-state index contributed by atoms with van der Waals surface area (Å²) in [6, 6.07) is 13.5. The van der Waals surface area contributed by atoms with Crippen LogP contribution < -0.4 is 0 Å². The summed E-state index contributed by atoms with van der Waals surface area (Å²) >= 11 is 6.19. The van der Waals surface area contributed by atoms with Gasteiger partial charge in [-0.15, -0.1) is 0 Å². The van der Waals surface area contributed by atoms with Crippen LogP contribution in [0.5, 0.6) is 0 Å². The van der Waals surface area contributed by atoms with Gasteiger partial charge in [-0.05, 0) is 109 Å². The number of ketones is 1. The number of nitrogens with zero attached hydrogens (tertiary/aromatic N) is 2. The third kappa shape index (κ3) is 7.86. The number of carbonyl (C=O) groups is 1.